The molecule has 5 N–H and O–H groups in total. The van der Waals surface area contributed by atoms with Crippen molar-refractivity contribution in [2.24, 2.45) is 7.05 Å². The first kappa shape index (κ1) is 36.9. The molecule has 2 fully saturated rings. The second-order valence-corrected chi connectivity index (χ2v) is 14.0. The predicted octanol–water partition coefficient (Wildman–Crippen LogP) is 4.82. The van der Waals surface area contributed by atoms with E-state index >= 15 is 0 Å². The first-order valence-electron chi connectivity index (χ1n) is 18.3. The molecule has 2 saturated heterocycles. The molecule has 55 heavy (non-hydrogen) atoms. The summed E-state index contributed by atoms with van der Waals surface area (Å²) in [6.45, 7) is 2.74. The number of likely N-dealkylation sites (tertiary alicyclic amines) is 2. The summed E-state index contributed by atoms with van der Waals surface area (Å²) in [5.41, 5.74) is 6.39. The smallest absolute Gasteiger partial charge is 0.407 e. The molecule has 7 rings (SSSR count). The molecule has 2 aromatic carbocycles. The van der Waals surface area contributed by atoms with Crippen LogP contribution in [0.25, 0.3) is 33.6 Å². The summed E-state index contributed by atoms with van der Waals surface area (Å²) in [4.78, 5) is 73.7. The Labute approximate surface area is 317 Å². The van der Waals surface area contributed by atoms with E-state index < -0.39 is 24.3 Å². The third kappa shape index (κ3) is 7.93. The highest BCUT2D eigenvalue weighted by molar-refractivity contribution is 5.87. The third-order valence-corrected chi connectivity index (χ3v) is 10.4. The van der Waals surface area contributed by atoms with Gasteiger partial charge in [-0.25, -0.2) is 24.5 Å². The maximum absolute atomic E-state index is 13.7. The quantitative estimate of drug-likeness (QED) is 0.126. The van der Waals surface area contributed by atoms with E-state index in [4.69, 9.17) is 0 Å². The molecule has 3 aromatic heterocycles. The molecule has 0 saturated carbocycles. The molecule has 0 spiro atoms. The lowest BCUT2D eigenvalue weighted by molar-refractivity contribution is -0.135. The number of hydrogen-bond acceptors (Lipinski definition) is 8. The number of carbonyl (C=O) groups excluding carboxylic acids is 3. The topological polar surface area (TPSA) is 203 Å². The lowest BCUT2D eigenvalue weighted by Crippen LogP contribution is -2.49. The molecule has 0 bridgehead atoms. The van der Waals surface area contributed by atoms with Crippen LogP contribution >= 0.6 is 0 Å². The van der Waals surface area contributed by atoms with Crippen LogP contribution in [0.1, 0.15) is 62.0 Å². The number of carboxylic acid groups (broad SMARTS) is 1. The van der Waals surface area contributed by atoms with Crippen molar-refractivity contribution in [3.63, 3.8) is 0 Å². The number of ether oxygens (including phenoxy) is 1. The van der Waals surface area contributed by atoms with Crippen LogP contribution in [0.2, 0.25) is 0 Å². The van der Waals surface area contributed by atoms with Gasteiger partial charge in [-0.2, -0.15) is 0 Å². The molecule has 0 radical (unpaired) electrons. The summed E-state index contributed by atoms with van der Waals surface area (Å²) < 4.78 is 6.41. The van der Waals surface area contributed by atoms with E-state index in [1.165, 1.54) is 7.11 Å². The number of aryl methyl sites for hydroxylation is 1. The number of rotatable bonds is 11. The van der Waals surface area contributed by atoms with Crippen LogP contribution in [0.3, 0.4) is 0 Å². The van der Waals surface area contributed by atoms with Gasteiger partial charge in [-0.1, -0.05) is 48.5 Å². The van der Waals surface area contributed by atoms with Crippen LogP contribution in [0.5, 0.6) is 0 Å². The number of nitrogens with one attached hydrogen (secondary N) is 4. The van der Waals surface area contributed by atoms with Gasteiger partial charge in [0.1, 0.15) is 23.7 Å². The molecular weight excluding hydrogens is 704 g/mol. The Bertz CT molecular complexity index is 2160. The number of imidazole rings is 3. The van der Waals surface area contributed by atoms with Crippen molar-refractivity contribution in [1.29, 1.82) is 0 Å². The van der Waals surface area contributed by atoms with E-state index in [9.17, 15) is 24.3 Å². The molecule has 5 aromatic rings. The number of amides is 4. The monoisotopic (exact) mass is 748 g/mol. The average molecular weight is 749 g/mol. The van der Waals surface area contributed by atoms with Crippen LogP contribution < -0.4 is 10.6 Å². The fourth-order valence-corrected chi connectivity index (χ4v) is 7.51. The molecule has 4 atom stereocenters. The molecule has 0 unspecified atom stereocenters. The number of H-pyrrole nitrogens is 2. The third-order valence-electron chi connectivity index (χ3n) is 10.4. The molecule has 2 aliphatic heterocycles. The zero-order valence-corrected chi connectivity index (χ0v) is 30.9. The van der Waals surface area contributed by atoms with Crippen LogP contribution in [0.15, 0.2) is 73.4 Å². The number of carbonyl (C=O) groups is 4. The molecule has 16 heteroatoms. The van der Waals surface area contributed by atoms with Crippen molar-refractivity contribution in [2.45, 2.75) is 63.2 Å². The summed E-state index contributed by atoms with van der Waals surface area (Å²) in [7, 11) is 3.07. The Morgan fingerprint density at radius 2 is 1.31 bits per heavy atom. The zero-order valence-electron chi connectivity index (χ0n) is 30.9. The van der Waals surface area contributed by atoms with E-state index in [1.807, 2.05) is 43.4 Å². The Hall–Kier alpha value is -6.45. The summed E-state index contributed by atoms with van der Waals surface area (Å²) in [5.74, 6) is 0.899. The van der Waals surface area contributed by atoms with Gasteiger partial charge in [0.2, 0.25) is 11.8 Å². The second kappa shape index (κ2) is 15.9. The first-order chi connectivity index (χ1) is 26.6. The van der Waals surface area contributed by atoms with E-state index in [2.05, 4.69) is 52.4 Å². The lowest BCUT2D eigenvalue weighted by Gasteiger charge is -2.28. The minimum Gasteiger partial charge on any atom is -0.465 e. The number of hydrogen-bond donors (Lipinski definition) is 5. The van der Waals surface area contributed by atoms with Crippen molar-refractivity contribution in [3.8, 4) is 33.6 Å². The number of nitrogens with zero attached hydrogens (tertiary/aromatic N) is 6. The van der Waals surface area contributed by atoms with Gasteiger partial charge in [-0.05, 0) is 54.9 Å². The zero-order chi connectivity index (χ0) is 38.6. The minimum absolute atomic E-state index is 0.181. The number of benzene rings is 2. The standard InChI is InChI=1S/C39H44N10O6/c1-23(43-39(54)55-3)36(50)48-16-4-6-32(48)34-41-20-30(44-34)26-12-8-24(9-13-26)25-10-14-27(15-11-25)31-21-42-35(45-31)33-7-5-17-49(33)37(51)29(46-38(52)53)18-28-19-40-22-47(28)2/h8-15,19-23,29,32-33,46H,4-7,16-18H2,1-3H3,(H,41,44)(H,42,45)(H,43,54)(H,52,53)/t23-,29-,32-,33-/m0/s1. The predicted molar refractivity (Wildman–Crippen MR) is 201 cm³/mol. The van der Waals surface area contributed by atoms with Crippen LogP contribution in [0, 0.1) is 0 Å². The van der Waals surface area contributed by atoms with Gasteiger partial charge in [-0.3, -0.25) is 9.59 Å². The van der Waals surface area contributed by atoms with Gasteiger partial charge >= 0.3 is 12.2 Å². The maximum atomic E-state index is 13.7. The van der Waals surface area contributed by atoms with Gasteiger partial charge in [0.05, 0.1) is 49.3 Å². The summed E-state index contributed by atoms with van der Waals surface area (Å²) in [6.07, 6.45) is 8.20. The Morgan fingerprint density at radius 1 is 0.800 bits per heavy atom. The second-order valence-electron chi connectivity index (χ2n) is 14.0. The largest absolute Gasteiger partial charge is 0.465 e. The van der Waals surface area contributed by atoms with E-state index in [0.29, 0.717) is 31.2 Å². The first-order valence-corrected chi connectivity index (χ1v) is 18.3. The Morgan fingerprint density at radius 3 is 1.78 bits per heavy atom. The number of aromatic amines is 2. The van der Waals surface area contributed by atoms with Gasteiger partial charge in [0, 0.05) is 38.4 Å². The molecule has 5 heterocycles. The van der Waals surface area contributed by atoms with Crippen molar-refractivity contribution in [1.82, 2.24) is 49.9 Å². The SMILES string of the molecule is COC(=O)N[C@@H](C)C(=O)N1CCC[C@H]1c1ncc(-c2ccc(-c3ccc(-c4cnc([C@@H]5CCCN5C(=O)[C@H](Cc5cncn5C)NC(=O)O)[nH]4)cc3)cc2)[nH]1. The molecule has 16 nitrogen and oxygen atoms in total. The van der Waals surface area contributed by atoms with Gasteiger partial charge in [0.25, 0.3) is 0 Å². The molecule has 286 valence electrons. The van der Waals surface area contributed by atoms with Crippen molar-refractivity contribution < 1.29 is 29.0 Å². The van der Waals surface area contributed by atoms with Crippen molar-refractivity contribution >= 4 is 24.0 Å². The van der Waals surface area contributed by atoms with Crippen molar-refractivity contribution in [2.75, 3.05) is 20.2 Å². The average Bonchev–Trinajstić information content (AvgIpc) is 4.04. The molecule has 2 aliphatic rings. The number of methoxy groups -OCH3 is 1. The van der Waals surface area contributed by atoms with Gasteiger partial charge < -0.3 is 44.8 Å². The fraction of sp³-hybridized carbons (Fsp3) is 0.359. The summed E-state index contributed by atoms with van der Waals surface area (Å²) in [5, 5.41) is 14.4. The Balaban J connectivity index is 0.996. The lowest BCUT2D eigenvalue weighted by atomic mass is 10.0. The summed E-state index contributed by atoms with van der Waals surface area (Å²) >= 11 is 0. The Kier molecular flexibility index (Phi) is 10.7. The summed E-state index contributed by atoms with van der Waals surface area (Å²) in [6, 6.07) is 14.1. The normalized spacial score (nSPS) is 17.9. The highest BCUT2D eigenvalue weighted by Crippen LogP contribution is 2.34. The van der Waals surface area contributed by atoms with Crippen molar-refractivity contribution in [3.05, 3.63) is 90.8 Å². The highest BCUT2D eigenvalue weighted by atomic mass is 16.5. The molecular formula is C39H44N10O6. The van der Waals surface area contributed by atoms with Gasteiger partial charge in [0.15, 0.2) is 0 Å². The van der Waals surface area contributed by atoms with Crippen LogP contribution in [-0.2, 0) is 27.8 Å². The molecule has 0 aliphatic carbocycles. The highest BCUT2D eigenvalue weighted by Gasteiger charge is 2.37. The van der Waals surface area contributed by atoms with E-state index in [1.54, 1.807) is 46.2 Å². The van der Waals surface area contributed by atoms with Crippen LogP contribution in [-0.4, -0.2) is 101 Å². The number of aromatic nitrogens is 6. The minimum atomic E-state index is -1.26. The van der Waals surface area contributed by atoms with E-state index in [0.717, 1.165) is 58.6 Å². The molecule has 4 amide bonds. The number of alkyl carbamates (subject to hydrolysis) is 1. The van der Waals surface area contributed by atoms with Gasteiger partial charge in [-0.15, -0.1) is 0 Å². The van der Waals surface area contributed by atoms with E-state index in [-0.39, 0.29) is 30.3 Å². The maximum Gasteiger partial charge on any atom is 0.407 e. The van der Waals surface area contributed by atoms with Crippen LogP contribution in [0.4, 0.5) is 9.59 Å². The fourth-order valence-electron chi connectivity index (χ4n) is 7.51.